The SMILES string of the molecule is COc1cc([N+](=O)[O-])ccc1NC(=O)C1CN(C(=O)c2cccs2)C1. The van der Waals surface area contributed by atoms with Crippen molar-refractivity contribution in [3.8, 4) is 5.75 Å². The van der Waals surface area contributed by atoms with Gasteiger partial charge in [-0.05, 0) is 17.5 Å². The second-order valence-corrected chi connectivity index (χ2v) is 6.46. The Kier molecular flexibility index (Phi) is 4.66. The van der Waals surface area contributed by atoms with E-state index in [2.05, 4.69) is 5.32 Å². The number of rotatable bonds is 5. The molecular weight excluding hydrogens is 346 g/mol. The summed E-state index contributed by atoms with van der Waals surface area (Å²) in [6, 6.07) is 7.54. The van der Waals surface area contributed by atoms with E-state index in [4.69, 9.17) is 4.74 Å². The van der Waals surface area contributed by atoms with E-state index < -0.39 is 4.92 Å². The Morgan fingerprint density at radius 1 is 1.36 bits per heavy atom. The second-order valence-electron chi connectivity index (χ2n) is 5.52. The number of nitro groups is 1. The molecule has 2 aromatic rings. The molecule has 3 rings (SSSR count). The van der Waals surface area contributed by atoms with Crippen LogP contribution in [0.25, 0.3) is 0 Å². The van der Waals surface area contributed by atoms with Crippen LogP contribution in [0.1, 0.15) is 9.67 Å². The van der Waals surface area contributed by atoms with Crippen LogP contribution < -0.4 is 10.1 Å². The molecular formula is C16H15N3O5S. The first-order chi connectivity index (χ1) is 12.0. The molecule has 0 unspecified atom stereocenters. The summed E-state index contributed by atoms with van der Waals surface area (Å²) in [4.78, 5) is 37.0. The lowest BCUT2D eigenvalue weighted by atomic mass is 9.98. The third-order valence-electron chi connectivity index (χ3n) is 3.93. The standard InChI is InChI=1S/C16H15N3O5S/c1-24-13-7-11(19(22)23)4-5-12(13)17-15(20)10-8-18(9-10)16(21)14-3-2-6-25-14/h2-7,10H,8-9H2,1H3,(H,17,20). The van der Waals surface area contributed by atoms with Crippen LogP contribution in [0.4, 0.5) is 11.4 Å². The minimum atomic E-state index is -0.534. The number of benzene rings is 1. The molecule has 1 fully saturated rings. The normalized spacial score (nSPS) is 13.9. The molecule has 0 radical (unpaired) electrons. The van der Waals surface area contributed by atoms with E-state index in [-0.39, 0.29) is 29.2 Å². The number of ether oxygens (including phenoxy) is 1. The Hall–Kier alpha value is -2.94. The molecule has 0 spiro atoms. The summed E-state index contributed by atoms with van der Waals surface area (Å²) in [6.07, 6.45) is 0. The van der Waals surface area contributed by atoms with Crippen LogP contribution >= 0.6 is 11.3 Å². The molecule has 9 heteroatoms. The number of nitrogens with zero attached hydrogens (tertiary/aromatic N) is 2. The number of carbonyl (C=O) groups is 2. The van der Waals surface area contributed by atoms with Crippen molar-refractivity contribution in [3.05, 3.63) is 50.7 Å². The highest BCUT2D eigenvalue weighted by Gasteiger charge is 2.36. The Balaban J connectivity index is 1.61. The van der Waals surface area contributed by atoms with E-state index in [1.54, 1.807) is 11.0 Å². The van der Waals surface area contributed by atoms with Crippen LogP contribution in [0, 0.1) is 16.0 Å². The Morgan fingerprint density at radius 3 is 2.72 bits per heavy atom. The third kappa shape index (κ3) is 3.45. The Bertz CT molecular complexity index is 815. The number of thiophene rings is 1. The van der Waals surface area contributed by atoms with Crippen LogP contribution in [0.3, 0.4) is 0 Å². The zero-order valence-electron chi connectivity index (χ0n) is 13.3. The highest BCUT2D eigenvalue weighted by atomic mass is 32.1. The van der Waals surface area contributed by atoms with Gasteiger partial charge < -0.3 is 15.0 Å². The maximum atomic E-state index is 12.3. The molecule has 130 valence electrons. The van der Waals surface area contributed by atoms with Crippen molar-refractivity contribution in [2.75, 3.05) is 25.5 Å². The average molecular weight is 361 g/mol. The van der Waals surface area contributed by atoms with Crippen molar-refractivity contribution in [1.82, 2.24) is 4.90 Å². The van der Waals surface area contributed by atoms with Crippen molar-refractivity contribution < 1.29 is 19.2 Å². The van der Waals surface area contributed by atoms with Gasteiger partial charge in [-0.2, -0.15) is 0 Å². The first-order valence-electron chi connectivity index (χ1n) is 7.45. The van der Waals surface area contributed by atoms with Gasteiger partial charge in [0.1, 0.15) is 5.75 Å². The van der Waals surface area contributed by atoms with Gasteiger partial charge >= 0.3 is 0 Å². The highest BCUT2D eigenvalue weighted by molar-refractivity contribution is 7.12. The number of likely N-dealkylation sites (tertiary alicyclic amines) is 1. The van der Waals surface area contributed by atoms with Crippen molar-refractivity contribution in [1.29, 1.82) is 0 Å². The molecule has 2 amide bonds. The lowest BCUT2D eigenvalue weighted by molar-refractivity contribution is -0.384. The number of nitrogens with one attached hydrogen (secondary N) is 1. The molecule has 1 N–H and O–H groups in total. The van der Waals surface area contributed by atoms with Crippen LogP contribution in [0.5, 0.6) is 5.75 Å². The highest BCUT2D eigenvalue weighted by Crippen LogP contribution is 2.30. The molecule has 25 heavy (non-hydrogen) atoms. The monoisotopic (exact) mass is 361 g/mol. The van der Waals surface area contributed by atoms with E-state index in [0.717, 1.165) is 0 Å². The van der Waals surface area contributed by atoms with E-state index >= 15 is 0 Å². The quantitative estimate of drug-likeness (QED) is 0.651. The summed E-state index contributed by atoms with van der Waals surface area (Å²) < 4.78 is 5.09. The van der Waals surface area contributed by atoms with E-state index in [9.17, 15) is 19.7 Å². The van der Waals surface area contributed by atoms with Gasteiger partial charge in [0.25, 0.3) is 11.6 Å². The second kappa shape index (κ2) is 6.89. The number of amides is 2. The van der Waals surface area contributed by atoms with Gasteiger partial charge in [0.05, 0.1) is 34.6 Å². The number of carbonyl (C=O) groups excluding carboxylic acids is 2. The van der Waals surface area contributed by atoms with Gasteiger partial charge in [-0.3, -0.25) is 19.7 Å². The van der Waals surface area contributed by atoms with Crippen molar-refractivity contribution in [3.63, 3.8) is 0 Å². The maximum Gasteiger partial charge on any atom is 0.273 e. The van der Waals surface area contributed by atoms with E-state index in [1.807, 2.05) is 11.4 Å². The van der Waals surface area contributed by atoms with Crippen LogP contribution in [0.15, 0.2) is 35.7 Å². The molecule has 1 aliphatic rings. The minimum Gasteiger partial charge on any atom is -0.494 e. The number of hydrogen-bond donors (Lipinski definition) is 1. The predicted octanol–water partition coefficient (Wildman–Crippen LogP) is 2.38. The first kappa shape index (κ1) is 16.9. The fourth-order valence-electron chi connectivity index (χ4n) is 2.50. The van der Waals surface area contributed by atoms with Crippen molar-refractivity contribution in [2.24, 2.45) is 5.92 Å². The van der Waals surface area contributed by atoms with Gasteiger partial charge in [-0.15, -0.1) is 11.3 Å². The lowest BCUT2D eigenvalue weighted by Crippen LogP contribution is -2.54. The largest absolute Gasteiger partial charge is 0.494 e. The number of methoxy groups -OCH3 is 1. The van der Waals surface area contributed by atoms with E-state index in [1.165, 1.54) is 36.6 Å². The fraction of sp³-hybridized carbons (Fsp3) is 0.250. The van der Waals surface area contributed by atoms with Gasteiger partial charge in [-0.1, -0.05) is 6.07 Å². The zero-order valence-corrected chi connectivity index (χ0v) is 14.1. The number of hydrogen-bond acceptors (Lipinski definition) is 6. The third-order valence-corrected chi connectivity index (χ3v) is 4.78. The first-order valence-corrected chi connectivity index (χ1v) is 8.33. The minimum absolute atomic E-state index is 0.0769. The molecule has 1 aromatic heterocycles. The predicted molar refractivity (Wildman–Crippen MR) is 92.0 cm³/mol. The lowest BCUT2D eigenvalue weighted by Gasteiger charge is -2.37. The number of non-ortho nitro benzene ring substituents is 1. The van der Waals surface area contributed by atoms with E-state index in [0.29, 0.717) is 23.7 Å². The summed E-state index contributed by atoms with van der Waals surface area (Å²) in [6.45, 7) is 0.690. The molecule has 0 aliphatic carbocycles. The number of anilines is 1. The molecule has 0 saturated carbocycles. The van der Waals surface area contributed by atoms with Crippen molar-refractivity contribution in [2.45, 2.75) is 0 Å². The Morgan fingerprint density at radius 2 is 2.12 bits per heavy atom. The van der Waals surface area contributed by atoms with Crippen LogP contribution in [-0.4, -0.2) is 41.8 Å². The summed E-state index contributed by atoms with van der Waals surface area (Å²) in [5.74, 6) is -0.424. The molecule has 1 aliphatic heterocycles. The molecule has 2 heterocycles. The molecule has 1 saturated heterocycles. The zero-order chi connectivity index (χ0) is 18.0. The summed E-state index contributed by atoms with van der Waals surface area (Å²) in [5.41, 5.74) is 0.243. The fourth-order valence-corrected chi connectivity index (χ4v) is 3.19. The molecule has 0 atom stereocenters. The summed E-state index contributed by atoms with van der Waals surface area (Å²) in [5, 5.41) is 15.3. The molecule has 8 nitrogen and oxygen atoms in total. The maximum absolute atomic E-state index is 12.3. The van der Waals surface area contributed by atoms with Gasteiger partial charge in [0, 0.05) is 19.2 Å². The topological polar surface area (TPSA) is 102 Å². The van der Waals surface area contributed by atoms with Gasteiger partial charge in [0.2, 0.25) is 5.91 Å². The van der Waals surface area contributed by atoms with Crippen LogP contribution in [-0.2, 0) is 4.79 Å². The Labute approximate surface area is 147 Å². The van der Waals surface area contributed by atoms with Gasteiger partial charge in [-0.25, -0.2) is 0 Å². The molecule has 0 bridgehead atoms. The van der Waals surface area contributed by atoms with Crippen molar-refractivity contribution >= 4 is 34.5 Å². The summed E-state index contributed by atoms with van der Waals surface area (Å²) >= 11 is 1.37. The van der Waals surface area contributed by atoms with Gasteiger partial charge in [0.15, 0.2) is 0 Å². The smallest absolute Gasteiger partial charge is 0.273 e. The van der Waals surface area contributed by atoms with Crippen LogP contribution in [0.2, 0.25) is 0 Å². The number of nitro benzene ring substituents is 1. The summed E-state index contributed by atoms with van der Waals surface area (Å²) in [7, 11) is 1.37. The molecule has 1 aromatic carbocycles. The average Bonchev–Trinajstić information content (AvgIpc) is 3.07.